The highest BCUT2D eigenvalue weighted by atomic mass is 32.1. The molecule has 13 heavy (non-hydrogen) atoms. The van der Waals surface area contributed by atoms with E-state index in [1.165, 1.54) is 17.9 Å². The van der Waals surface area contributed by atoms with Gasteiger partial charge in [-0.1, -0.05) is 0 Å². The Morgan fingerprint density at radius 3 is 3.38 bits per heavy atom. The van der Waals surface area contributed by atoms with Crippen LogP contribution in [-0.4, -0.2) is 35.2 Å². The molecule has 5 nitrogen and oxygen atoms in total. The number of hydrogen-bond acceptors (Lipinski definition) is 6. The Morgan fingerprint density at radius 1 is 1.77 bits per heavy atom. The molecule has 0 spiro atoms. The molecule has 0 amide bonds. The molecule has 2 rings (SSSR count). The maximum atomic E-state index is 8.67. The average Bonchev–Trinajstić information content (AvgIpc) is 2.71. The number of anilines is 1. The summed E-state index contributed by atoms with van der Waals surface area (Å²) >= 11 is 1.34. The summed E-state index contributed by atoms with van der Waals surface area (Å²) in [5.41, 5.74) is 0. The van der Waals surface area contributed by atoms with Gasteiger partial charge in [0.2, 0.25) is 5.13 Å². The number of nitrogens with zero attached hydrogens (tertiary/aromatic N) is 4. The topological polar surface area (TPSA) is 62.0 Å². The van der Waals surface area contributed by atoms with Crippen LogP contribution in [-0.2, 0) is 4.74 Å². The smallest absolute Gasteiger partial charge is 0.205 e. The number of hydrogen-bond donors (Lipinski definition) is 0. The summed E-state index contributed by atoms with van der Waals surface area (Å²) in [4.78, 5) is 6.10. The summed E-state index contributed by atoms with van der Waals surface area (Å²) in [5, 5.41) is 9.54. The summed E-state index contributed by atoms with van der Waals surface area (Å²) in [6.45, 7) is 1.96. The molecule has 0 bridgehead atoms. The molecule has 0 radical (unpaired) electrons. The van der Waals surface area contributed by atoms with E-state index < -0.39 is 0 Å². The summed E-state index contributed by atoms with van der Waals surface area (Å²) < 4.78 is 9.12. The molecule has 1 atom stereocenters. The first-order chi connectivity index (χ1) is 6.40. The first-order valence-corrected chi connectivity index (χ1v) is 4.70. The Balaban J connectivity index is 2.05. The predicted molar refractivity (Wildman–Crippen MR) is 47.5 cm³/mol. The summed E-state index contributed by atoms with van der Waals surface area (Å²) in [7, 11) is 0. The van der Waals surface area contributed by atoms with E-state index in [1.807, 2.05) is 4.90 Å². The van der Waals surface area contributed by atoms with E-state index in [9.17, 15) is 0 Å². The zero-order valence-corrected chi connectivity index (χ0v) is 7.70. The second-order valence-corrected chi connectivity index (χ2v) is 3.42. The highest BCUT2D eigenvalue weighted by Gasteiger charge is 2.21. The molecule has 0 N–H and O–H groups in total. The van der Waals surface area contributed by atoms with E-state index in [1.54, 1.807) is 0 Å². The number of rotatable bonds is 1. The Morgan fingerprint density at radius 2 is 2.69 bits per heavy atom. The van der Waals surface area contributed by atoms with E-state index in [-0.39, 0.29) is 6.10 Å². The molecule has 6 heteroatoms. The molecule has 1 saturated heterocycles. The van der Waals surface area contributed by atoms with Gasteiger partial charge >= 0.3 is 0 Å². The fourth-order valence-corrected chi connectivity index (χ4v) is 1.77. The standard InChI is InChI=1S/C7H8N4OS/c8-3-6-4-11(1-2-12-6)7-9-5-10-13-7/h5-6H,1-2,4H2. The summed E-state index contributed by atoms with van der Waals surface area (Å²) in [6, 6.07) is 2.09. The van der Waals surface area contributed by atoms with Crippen molar-refractivity contribution in [3.05, 3.63) is 6.33 Å². The van der Waals surface area contributed by atoms with Crippen LogP contribution < -0.4 is 4.90 Å². The lowest BCUT2D eigenvalue weighted by molar-refractivity contribution is 0.0764. The molecule has 1 aromatic heterocycles. The van der Waals surface area contributed by atoms with E-state index >= 15 is 0 Å². The molecule has 0 aromatic carbocycles. The van der Waals surface area contributed by atoms with Gasteiger partial charge in [0.25, 0.3) is 0 Å². The largest absolute Gasteiger partial charge is 0.360 e. The highest BCUT2D eigenvalue weighted by molar-refractivity contribution is 7.09. The lowest BCUT2D eigenvalue weighted by Gasteiger charge is -2.28. The van der Waals surface area contributed by atoms with E-state index in [4.69, 9.17) is 10.00 Å². The molecular weight excluding hydrogens is 188 g/mol. The van der Waals surface area contributed by atoms with Gasteiger partial charge in [0.15, 0.2) is 6.10 Å². The molecule has 1 aliphatic rings. The van der Waals surface area contributed by atoms with Crippen molar-refractivity contribution in [2.45, 2.75) is 6.10 Å². The van der Waals surface area contributed by atoms with Crippen LogP contribution >= 0.6 is 11.5 Å². The van der Waals surface area contributed by atoms with Gasteiger partial charge < -0.3 is 9.64 Å². The van der Waals surface area contributed by atoms with Crippen molar-refractivity contribution in [2.75, 3.05) is 24.6 Å². The Bertz CT molecular complexity index is 307. The van der Waals surface area contributed by atoms with Crippen LogP contribution in [0, 0.1) is 11.3 Å². The summed E-state index contributed by atoms with van der Waals surface area (Å²) in [5.74, 6) is 0. The van der Waals surface area contributed by atoms with Crippen molar-refractivity contribution in [1.29, 1.82) is 5.26 Å². The zero-order chi connectivity index (χ0) is 9.10. The number of nitriles is 1. The lowest BCUT2D eigenvalue weighted by Crippen LogP contribution is -2.41. The minimum atomic E-state index is -0.336. The van der Waals surface area contributed by atoms with Gasteiger partial charge in [-0.05, 0) is 0 Å². The Hall–Kier alpha value is -1.19. The molecule has 1 aliphatic heterocycles. The predicted octanol–water partition coefficient (Wildman–Crippen LogP) is 0.267. The maximum absolute atomic E-state index is 8.67. The van der Waals surface area contributed by atoms with Crippen molar-refractivity contribution >= 4 is 16.7 Å². The monoisotopic (exact) mass is 196 g/mol. The molecule has 2 heterocycles. The van der Waals surface area contributed by atoms with Gasteiger partial charge in [-0.3, -0.25) is 0 Å². The molecular formula is C7H8N4OS. The fourth-order valence-electron chi connectivity index (χ4n) is 1.21. The third kappa shape index (κ3) is 1.76. The van der Waals surface area contributed by atoms with Gasteiger partial charge in [-0.25, -0.2) is 4.98 Å². The minimum Gasteiger partial charge on any atom is -0.360 e. The van der Waals surface area contributed by atoms with Crippen molar-refractivity contribution in [3.8, 4) is 6.07 Å². The van der Waals surface area contributed by atoms with Crippen molar-refractivity contribution in [1.82, 2.24) is 9.36 Å². The highest BCUT2D eigenvalue weighted by Crippen LogP contribution is 2.17. The van der Waals surface area contributed by atoms with E-state index in [2.05, 4.69) is 15.4 Å². The maximum Gasteiger partial charge on any atom is 0.205 e. The van der Waals surface area contributed by atoms with Gasteiger partial charge in [-0.2, -0.15) is 9.64 Å². The third-order valence-electron chi connectivity index (χ3n) is 1.83. The quantitative estimate of drug-likeness (QED) is 0.645. The Labute approximate surface area is 79.7 Å². The van der Waals surface area contributed by atoms with Crippen LogP contribution in [0.25, 0.3) is 0 Å². The number of morpholine rings is 1. The van der Waals surface area contributed by atoms with Crippen LogP contribution in [0.4, 0.5) is 5.13 Å². The summed E-state index contributed by atoms with van der Waals surface area (Å²) in [6.07, 6.45) is 1.19. The second-order valence-electron chi connectivity index (χ2n) is 2.66. The first-order valence-electron chi connectivity index (χ1n) is 3.93. The second kappa shape index (κ2) is 3.68. The fraction of sp³-hybridized carbons (Fsp3) is 0.571. The van der Waals surface area contributed by atoms with Gasteiger partial charge in [0.05, 0.1) is 19.2 Å². The van der Waals surface area contributed by atoms with Crippen LogP contribution in [0.3, 0.4) is 0 Å². The van der Waals surface area contributed by atoms with Gasteiger partial charge in [0, 0.05) is 18.1 Å². The van der Waals surface area contributed by atoms with Gasteiger partial charge in [-0.15, -0.1) is 0 Å². The van der Waals surface area contributed by atoms with Gasteiger partial charge in [0.1, 0.15) is 6.33 Å². The van der Waals surface area contributed by atoms with Crippen LogP contribution in [0.2, 0.25) is 0 Å². The molecule has 68 valence electrons. The van der Waals surface area contributed by atoms with Crippen molar-refractivity contribution in [2.24, 2.45) is 0 Å². The zero-order valence-electron chi connectivity index (χ0n) is 6.88. The molecule has 1 aromatic rings. The van der Waals surface area contributed by atoms with Crippen LogP contribution in [0.15, 0.2) is 6.33 Å². The number of ether oxygens (including phenoxy) is 1. The van der Waals surface area contributed by atoms with Crippen LogP contribution in [0.5, 0.6) is 0 Å². The van der Waals surface area contributed by atoms with Crippen molar-refractivity contribution in [3.63, 3.8) is 0 Å². The third-order valence-corrected chi connectivity index (χ3v) is 2.56. The lowest BCUT2D eigenvalue weighted by atomic mass is 10.3. The minimum absolute atomic E-state index is 0.336. The molecule has 1 unspecified atom stereocenters. The van der Waals surface area contributed by atoms with E-state index in [0.717, 1.165) is 11.7 Å². The molecule has 0 aliphatic carbocycles. The Kier molecular flexibility index (Phi) is 2.38. The van der Waals surface area contributed by atoms with Crippen molar-refractivity contribution < 1.29 is 4.74 Å². The SMILES string of the molecule is N#CC1CN(c2ncns2)CCO1. The first kappa shape index (κ1) is 8.41. The van der Waals surface area contributed by atoms with E-state index in [0.29, 0.717) is 13.2 Å². The normalized spacial score (nSPS) is 22.7. The average molecular weight is 196 g/mol. The molecule has 0 saturated carbocycles. The molecule has 1 fully saturated rings. The van der Waals surface area contributed by atoms with Crippen LogP contribution in [0.1, 0.15) is 0 Å². The number of aromatic nitrogens is 2.